The molecule has 2 N–H and O–H groups in total. The minimum atomic E-state index is -0.833. The molecule has 3 aromatic carbocycles. The van der Waals surface area contributed by atoms with Gasteiger partial charge in [0, 0.05) is 12.5 Å². The van der Waals surface area contributed by atoms with Crippen molar-refractivity contribution in [2.75, 3.05) is 13.2 Å². The van der Waals surface area contributed by atoms with Gasteiger partial charge in [0.15, 0.2) is 5.17 Å². The molecule has 3 aromatic rings. The summed E-state index contributed by atoms with van der Waals surface area (Å²) in [5.74, 6) is 0.543. The van der Waals surface area contributed by atoms with Crippen molar-refractivity contribution in [2.45, 2.75) is 20.8 Å². The number of rotatable bonds is 6. The predicted octanol–water partition coefficient (Wildman–Crippen LogP) is 2.42. The minimum Gasteiger partial charge on any atom is -0.494 e. The zero-order valence-electron chi connectivity index (χ0n) is 20.1. The maximum absolute atomic E-state index is 12.5. The molecule has 0 unspecified atom stereocenters. The first-order valence-electron chi connectivity index (χ1n) is 10.7. The van der Waals surface area contributed by atoms with Crippen LogP contribution < -0.4 is 44.3 Å². The van der Waals surface area contributed by atoms with Gasteiger partial charge in [0.25, 0.3) is 11.9 Å². The molecular formula is C26H25N2NaO5S. The van der Waals surface area contributed by atoms with Crippen LogP contribution in [0.15, 0.2) is 64.5 Å². The fraction of sp³-hybridized carbons (Fsp3) is 0.192. The number of benzene rings is 3. The summed E-state index contributed by atoms with van der Waals surface area (Å²) < 4.78 is 11.5. The summed E-state index contributed by atoms with van der Waals surface area (Å²) in [5.41, 5.74) is 1.60. The molecule has 0 atom stereocenters. The first-order valence-corrected chi connectivity index (χ1v) is 11.5. The van der Waals surface area contributed by atoms with Gasteiger partial charge in [-0.1, -0.05) is 6.07 Å². The second kappa shape index (κ2) is 13.9. The molecule has 1 fully saturated rings. The fourth-order valence-electron chi connectivity index (χ4n) is 3.11. The van der Waals surface area contributed by atoms with Crippen LogP contribution in [0.3, 0.4) is 0 Å². The smallest absolute Gasteiger partial charge is 0.494 e. The molecule has 7 nitrogen and oxygen atoms in total. The first-order chi connectivity index (χ1) is 16.4. The number of ether oxygens (including phenoxy) is 2. The first kappa shape index (κ1) is 28.5. The van der Waals surface area contributed by atoms with E-state index < -0.39 is 5.97 Å². The number of carboxylic acids is 1. The average Bonchev–Trinajstić information content (AvgIpc) is 3.13. The number of aliphatic carboxylic acids is 1. The van der Waals surface area contributed by atoms with Crippen LogP contribution in [-0.2, 0) is 9.59 Å². The Morgan fingerprint density at radius 2 is 1.77 bits per heavy atom. The van der Waals surface area contributed by atoms with Crippen LogP contribution in [0.25, 0.3) is 16.8 Å². The summed E-state index contributed by atoms with van der Waals surface area (Å²) >= 11 is 1.31. The van der Waals surface area contributed by atoms with Crippen molar-refractivity contribution >= 4 is 51.3 Å². The van der Waals surface area contributed by atoms with Crippen LogP contribution >= 0.6 is 11.8 Å². The van der Waals surface area contributed by atoms with E-state index in [0.29, 0.717) is 23.3 Å². The molecule has 9 heteroatoms. The van der Waals surface area contributed by atoms with Crippen LogP contribution in [0.4, 0.5) is 5.69 Å². The van der Waals surface area contributed by atoms with Crippen LogP contribution in [0.1, 0.15) is 26.3 Å². The average molecular weight is 501 g/mol. The van der Waals surface area contributed by atoms with E-state index in [0.717, 1.165) is 40.4 Å². The number of fused-ring (bicyclic) bond motifs is 1. The summed E-state index contributed by atoms with van der Waals surface area (Å²) in [4.78, 5) is 26.6. The Balaban J connectivity index is 0.000000804. The van der Waals surface area contributed by atoms with Crippen LogP contribution in [-0.4, -0.2) is 35.4 Å². The van der Waals surface area contributed by atoms with E-state index in [1.165, 1.54) is 11.8 Å². The van der Waals surface area contributed by atoms with Gasteiger partial charge < -0.3 is 19.9 Å². The summed E-state index contributed by atoms with van der Waals surface area (Å²) in [6, 6.07) is 20.2. The van der Waals surface area contributed by atoms with Gasteiger partial charge in [0.05, 0.1) is 18.1 Å². The van der Waals surface area contributed by atoms with E-state index in [1.807, 2.05) is 62.4 Å². The molecular weight excluding hydrogens is 475 g/mol. The molecule has 4 rings (SSSR count). The third-order valence-electron chi connectivity index (χ3n) is 4.42. The van der Waals surface area contributed by atoms with E-state index in [9.17, 15) is 4.79 Å². The van der Waals surface area contributed by atoms with E-state index in [2.05, 4.69) is 16.4 Å². The van der Waals surface area contributed by atoms with Gasteiger partial charge in [-0.3, -0.25) is 14.6 Å². The van der Waals surface area contributed by atoms with Crippen molar-refractivity contribution in [3.8, 4) is 11.5 Å². The number of aliphatic imine (C=N–C) groups is 1. The third-order valence-corrected chi connectivity index (χ3v) is 5.33. The third kappa shape index (κ3) is 8.43. The number of nitrogens with one attached hydrogen (secondary N) is 1. The van der Waals surface area contributed by atoms with Crippen LogP contribution in [0.5, 0.6) is 11.5 Å². The SMILES string of the molecule is CC(=O)O.CCOc1ccc2cc(OCC)c(/C=C3\SC(=Nc4cc[c-]cc4)NC3=O)cc2c1.[Na+]. The summed E-state index contributed by atoms with van der Waals surface area (Å²) in [6.07, 6.45) is 1.85. The molecule has 35 heavy (non-hydrogen) atoms. The van der Waals surface area contributed by atoms with Crippen molar-refractivity contribution in [1.29, 1.82) is 0 Å². The largest absolute Gasteiger partial charge is 1.00 e. The molecule has 0 aromatic heterocycles. The van der Waals surface area contributed by atoms with Crippen molar-refractivity contribution in [3.63, 3.8) is 0 Å². The monoisotopic (exact) mass is 500 g/mol. The number of carbonyl (C=O) groups excluding carboxylic acids is 1. The van der Waals surface area contributed by atoms with Crippen molar-refractivity contribution in [3.05, 3.63) is 71.1 Å². The maximum Gasteiger partial charge on any atom is 1.00 e. The Bertz CT molecular complexity index is 1240. The molecule has 0 radical (unpaired) electrons. The van der Waals surface area contributed by atoms with Crippen LogP contribution in [0, 0.1) is 6.07 Å². The molecule has 0 aliphatic carbocycles. The van der Waals surface area contributed by atoms with Gasteiger partial charge in [-0.25, -0.2) is 0 Å². The predicted molar refractivity (Wildman–Crippen MR) is 136 cm³/mol. The molecule has 176 valence electrons. The minimum absolute atomic E-state index is 0. The van der Waals surface area contributed by atoms with Crippen molar-refractivity contribution in [1.82, 2.24) is 5.32 Å². The number of thioether (sulfide) groups is 1. The quantitative estimate of drug-likeness (QED) is 0.307. The van der Waals surface area contributed by atoms with Crippen molar-refractivity contribution < 1.29 is 53.7 Å². The van der Waals surface area contributed by atoms with E-state index >= 15 is 0 Å². The molecule has 0 bridgehead atoms. The number of nitrogens with zero attached hydrogens (tertiary/aromatic N) is 1. The standard InChI is InChI=1S/C24H21N2O3S.C2H4O2.Na/c1-3-28-20-11-10-16-14-21(29-4-2)18(12-17(16)13-20)15-22-23(27)26-24(30-22)25-19-8-6-5-7-9-19;1-2(3)4;/h6-15H,3-4H2,1-2H3,(H,25,26,27);1H3,(H,3,4);/q-1;;+1/b22-15-;;. The molecule has 1 amide bonds. The summed E-state index contributed by atoms with van der Waals surface area (Å²) in [7, 11) is 0. The van der Waals surface area contributed by atoms with Gasteiger partial charge >= 0.3 is 29.6 Å². The summed E-state index contributed by atoms with van der Waals surface area (Å²) in [5, 5.41) is 12.9. The number of amides is 1. The number of carboxylic acid groups (broad SMARTS) is 1. The van der Waals surface area contributed by atoms with Gasteiger partial charge in [-0.2, -0.15) is 18.2 Å². The van der Waals surface area contributed by atoms with Gasteiger partial charge in [-0.05, 0) is 72.4 Å². The number of amidine groups is 1. The Hall–Kier alpha value is -2.78. The molecule has 1 aliphatic heterocycles. The molecule has 1 heterocycles. The molecule has 0 spiro atoms. The number of hydrogen-bond acceptors (Lipinski definition) is 6. The number of carbonyl (C=O) groups is 2. The normalized spacial score (nSPS) is 14.7. The van der Waals surface area contributed by atoms with Gasteiger partial charge in [-0.15, -0.1) is 12.1 Å². The summed E-state index contributed by atoms with van der Waals surface area (Å²) in [6.45, 7) is 6.13. The molecule has 1 aliphatic rings. The Morgan fingerprint density at radius 3 is 2.43 bits per heavy atom. The van der Waals surface area contributed by atoms with E-state index in [1.54, 1.807) is 12.1 Å². The topological polar surface area (TPSA) is 97.2 Å². The number of hydrogen-bond donors (Lipinski definition) is 2. The fourth-order valence-corrected chi connectivity index (χ4v) is 3.95. The Morgan fingerprint density at radius 1 is 1.09 bits per heavy atom. The van der Waals surface area contributed by atoms with E-state index in [-0.39, 0.29) is 35.5 Å². The zero-order chi connectivity index (χ0) is 24.5. The van der Waals surface area contributed by atoms with Crippen molar-refractivity contribution in [2.24, 2.45) is 4.99 Å². The Labute approximate surface area is 230 Å². The second-order valence-electron chi connectivity index (χ2n) is 7.02. The van der Waals surface area contributed by atoms with Gasteiger partial charge in [0.2, 0.25) is 0 Å². The van der Waals surface area contributed by atoms with E-state index in [4.69, 9.17) is 19.4 Å². The van der Waals surface area contributed by atoms with Crippen LogP contribution in [0.2, 0.25) is 0 Å². The Kier molecular flexibility index (Phi) is 11.3. The molecule has 0 saturated carbocycles. The molecule has 1 saturated heterocycles. The second-order valence-corrected chi connectivity index (χ2v) is 8.05. The maximum atomic E-state index is 12.5. The zero-order valence-corrected chi connectivity index (χ0v) is 22.9. The van der Waals surface area contributed by atoms with Gasteiger partial charge in [0.1, 0.15) is 11.5 Å².